The van der Waals surface area contributed by atoms with Crippen molar-refractivity contribution in [3.63, 3.8) is 0 Å². The van der Waals surface area contributed by atoms with E-state index in [1.54, 1.807) is 18.2 Å². The minimum atomic E-state index is -0.574. The van der Waals surface area contributed by atoms with E-state index in [-0.39, 0.29) is 6.61 Å². The molecule has 1 saturated heterocycles. The average molecular weight is 337 g/mol. The molecular weight excluding hydrogens is 310 g/mol. The maximum Gasteiger partial charge on any atom is 0.337 e. The smallest absolute Gasteiger partial charge is 0.337 e. The molecule has 0 aliphatic carbocycles. The molecule has 1 N–H and O–H groups in total. The first kappa shape index (κ1) is 18.5. The number of likely N-dealkylation sites (tertiary alicyclic amines) is 1. The van der Waals surface area contributed by atoms with E-state index in [2.05, 4.69) is 16.6 Å². The number of carbonyl (C=O) groups is 1. The van der Waals surface area contributed by atoms with Gasteiger partial charge in [0.25, 0.3) is 0 Å². The Morgan fingerprint density at radius 1 is 1.33 bits per heavy atom. The number of nitrogens with zero attached hydrogens (tertiary/aromatic N) is 1. The molecule has 1 heterocycles. The number of esters is 1. The van der Waals surface area contributed by atoms with Crippen LogP contribution in [0.5, 0.6) is 11.5 Å². The lowest BCUT2D eigenvalue weighted by molar-refractivity contribution is 0.0431. The molecule has 0 amide bonds. The minimum Gasteiger partial charge on any atom is -0.493 e. The van der Waals surface area contributed by atoms with Crippen molar-refractivity contribution < 1.29 is 24.1 Å². The summed E-state index contributed by atoms with van der Waals surface area (Å²) in [5.74, 6) is 0.506. The zero-order valence-electron chi connectivity index (χ0n) is 14.7. The highest BCUT2D eigenvalue weighted by atomic mass is 16.5. The topological polar surface area (TPSA) is 68.2 Å². The molecule has 1 aliphatic rings. The maximum atomic E-state index is 11.5. The molecule has 0 saturated carbocycles. The van der Waals surface area contributed by atoms with Gasteiger partial charge < -0.3 is 19.3 Å². The van der Waals surface area contributed by atoms with Gasteiger partial charge >= 0.3 is 5.97 Å². The van der Waals surface area contributed by atoms with E-state index in [1.807, 2.05) is 0 Å². The summed E-state index contributed by atoms with van der Waals surface area (Å²) in [7, 11) is 2.84. The highest BCUT2D eigenvalue weighted by molar-refractivity contribution is 5.90. The Labute approximate surface area is 143 Å². The van der Waals surface area contributed by atoms with Crippen molar-refractivity contribution >= 4 is 5.97 Å². The SMILES string of the molecule is COC(=O)c1ccc(OCC(O)CN2CCCCC2C)c(OC)c1. The van der Waals surface area contributed by atoms with Crippen LogP contribution in [0.4, 0.5) is 0 Å². The van der Waals surface area contributed by atoms with Gasteiger partial charge in [0.1, 0.15) is 12.7 Å². The third kappa shape index (κ3) is 4.85. The Morgan fingerprint density at radius 2 is 2.12 bits per heavy atom. The first-order valence-electron chi connectivity index (χ1n) is 8.36. The Morgan fingerprint density at radius 3 is 2.79 bits per heavy atom. The lowest BCUT2D eigenvalue weighted by Crippen LogP contribution is -2.43. The number of hydrogen-bond donors (Lipinski definition) is 1. The molecule has 134 valence electrons. The van der Waals surface area contributed by atoms with E-state index >= 15 is 0 Å². The zero-order chi connectivity index (χ0) is 17.5. The summed E-state index contributed by atoms with van der Waals surface area (Å²) in [5.41, 5.74) is 0.393. The van der Waals surface area contributed by atoms with Gasteiger partial charge in [0.05, 0.1) is 19.8 Å². The molecule has 0 aromatic heterocycles. The van der Waals surface area contributed by atoms with Crippen molar-refractivity contribution in [1.82, 2.24) is 4.90 Å². The molecule has 6 heteroatoms. The van der Waals surface area contributed by atoms with Gasteiger partial charge in [-0.2, -0.15) is 0 Å². The van der Waals surface area contributed by atoms with Gasteiger partial charge in [-0.25, -0.2) is 4.79 Å². The van der Waals surface area contributed by atoms with Crippen LogP contribution in [0.25, 0.3) is 0 Å². The molecule has 0 radical (unpaired) electrons. The fourth-order valence-corrected chi connectivity index (χ4v) is 2.97. The molecule has 6 nitrogen and oxygen atoms in total. The fraction of sp³-hybridized carbons (Fsp3) is 0.611. The van der Waals surface area contributed by atoms with Crippen molar-refractivity contribution in [3.05, 3.63) is 23.8 Å². The molecule has 1 aromatic carbocycles. The van der Waals surface area contributed by atoms with Crippen molar-refractivity contribution in [3.8, 4) is 11.5 Å². The number of rotatable bonds is 7. The predicted molar refractivity (Wildman–Crippen MR) is 90.7 cm³/mol. The average Bonchev–Trinajstić information content (AvgIpc) is 2.61. The molecule has 1 fully saturated rings. The van der Waals surface area contributed by atoms with E-state index in [4.69, 9.17) is 9.47 Å². The molecule has 0 spiro atoms. The van der Waals surface area contributed by atoms with Gasteiger partial charge in [0, 0.05) is 12.6 Å². The van der Waals surface area contributed by atoms with Crippen molar-refractivity contribution in [2.24, 2.45) is 0 Å². The van der Waals surface area contributed by atoms with Crippen molar-refractivity contribution in [1.29, 1.82) is 0 Å². The highest BCUT2D eigenvalue weighted by Crippen LogP contribution is 2.28. The van der Waals surface area contributed by atoms with Crippen LogP contribution in [-0.2, 0) is 4.74 Å². The van der Waals surface area contributed by atoms with Crippen LogP contribution in [0.3, 0.4) is 0 Å². The number of methoxy groups -OCH3 is 2. The molecule has 1 aromatic rings. The molecule has 1 aliphatic heterocycles. The first-order chi connectivity index (χ1) is 11.5. The van der Waals surface area contributed by atoms with Gasteiger partial charge in [0.2, 0.25) is 0 Å². The number of aliphatic hydroxyl groups is 1. The standard InChI is InChI=1S/C18H27NO5/c1-13-6-4-5-9-19(13)11-15(20)12-24-16-8-7-14(18(21)23-3)10-17(16)22-2/h7-8,10,13,15,20H,4-6,9,11-12H2,1-3H3. The lowest BCUT2D eigenvalue weighted by atomic mass is 10.0. The first-order valence-corrected chi connectivity index (χ1v) is 8.36. The molecule has 2 rings (SSSR count). The third-order valence-corrected chi connectivity index (χ3v) is 4.40. The van der Waals surface area contributed by atoms with E-state index < -0.39 is 12.1 Å². The largest absolute Gasteiger partial charge is 0.493 e. The maximum absolute atomic E-state index is 11.5. The summed E-state index contributed by atoms with van der Waals surface area (Å²) in [6.45, 7) is 4.00. The van der Waals surface area contributed by atoms with Crippen LogP contribution >= 0.6 is 0 Å². The van der Waals surface area contributed by atoms with E-state index in [0.29, 0.717) is 29.6 Å². The van der Waals surface area contributed by atoms with Crippen molar-refractivity contribution in [2.75, 3.05) is 33.9 Å². The Kier molecular flexibility index (Phi) is 6.87. The van der Waals surface area contributed by atoms with Gasteiger partial charge in [-0.15, -0.1) is 0 Å². The summed E-state index contributed by atoms with van der Waals surface area (Å²) < 4.78 is 15.6. The summed E-state index contributed by atoms with van der Waals surface area (Å²) in [4.78, 5) is 13.8. The summed E-state index contributed by atoms with van der Waals surface area (Å²) in [6, 6.07) is 5.34. The molecule has 0 bridgehead atoms. The fourth-order valence-electron chi connectivity index (χ4n) is 2.97. The Hall–Kier alpha value is -1.79. The second-order valence-corrected chi connectivity index (χ2v) is 6.16. The van der Waals surface area contributed by atoms with E-state index in [0.717, 1.165) is 6.54 Å². The molecule has 24 heavy (non-hydrogen) atoms. The van der Waals surface area contributed by atoms with Crippen LogP contribution in [-0.4, -0.2) is 62.0 Å². The number of β-amino-alcohol motifs (C(OH)–C–C–N with tert-alkyl or cyclic N) is 1. The minimum absolute atomic E-state index is 0.178. The third-order valence-electron chi connectivity index (χ3n) is 4.40. The number of aliphatic hydroxyl groups excluding tert-OH is 1. The van der Waals surface area contributed by atoms with Crippen LogP contribution in [0.15, 0.2) is 18.2 Å². The van der Waals surface area contributed by atoms with Gasteiger partial charge in [0.15, 0.2) is 11.5 Å². The lowest BCUT2D eigenvalue weighted by Gasteiger charge is -2.34. The van der Waals surface area contributed by atoms with Gasteiger partial charge in [-0.3, -0.25) is 4.90 Å². The summed E-state index contributed by atoms with van der Waals surface area (Å²) in [5, 5.41) is 10.2. The van der Waals surface area contributed by atoms with Crippen LogP contribution in [0, 0.1) is 0 Å². The zero-order valence-corrected chi connectivity index (χ0v) is 14.7. The van der Waals surface area contributed by atoms with Crippen LogP contribution < -0.4 is 9.47 Å². The molecule has 2 unspecified atom stereocenters. The van der Waals surface area contributed by atoms with E-state index in [9.17, 15) is 9.90 Å². The van der Waals surface area contributed by atoms with Crippen molar-refractivity contribution in [2.45, 2.75) is 38.3 Å². The normalized spacial score (nSPS) is 19.6. The monoisotopic (exact) mass is 337 g/mol. The molecular formula is C18H27NO5. The summed E-state index contributed by atoms with van der Waals surface area (Å²) in [6.07, 6.45) is 3.04. The second-order valence-electron chi connectivity index (χ2n) is 6.16. The summed E-state index contributed by atoms with van der Waals surface area (Å²) >= 11 is 0. The van der Waals surface area contributed by atoms with E-state index in [1.165, 1.54) is 33.5 Å². The molecule has 2 atom stereocenters. The van der Waals surface area contributed by atoms with Gasteiger partial charge in [-0.05, 0) is 44.5 Å². The number of ether oxygens (including phenoxy) is 3. The Balaban J connectivity index is 1.91. The predicted octanol–water partition coefficient (Wildman–Crippen LogP) is 2.10. The second kappa shape index (κ2) is 8.89. The quantitative estimate of drug-likeness (QED) is 0.769. The number of carbonyl (C=O) groups excluding carboxylic acids is 1. The number of piperidine rings is 1. The van der Waals surface area contributed by atoms with Crippen LogP contribution in [0.2, 0.25) is 0 Å². The number of benzene rings is 1. The Bertz CT molecular complexity index is 548. The highest BCUT2D eigenvalue weighted by Gasteiger charge is 2.21. The van der Waals surface area contributed by atoms with Gasteiger partial charge in [-0.1, -0.05) is 6.42 Å². The number of hydrogen-bond acceptors (Lipinski definition) is 6. The van der Waals surface area contributed by atoms with Crippen LogP contribution in [0.1, 0.15) is 36.5 Å².